The first kappa shape index (κ1) is 19.0. The average molecular weight is 375 g/mol. The fraction of sp³-hybridized carbons (Fsp3) is 0.103. The van der Waals surface area contributed by atoms with E-state index in [9.17, 15) is 0 Å². The van der Waals surface area contributed by atoms with Crippen molar-refractivity contribution in [1.82, 2.24) is 0 Å². The molecule has 0 nitrogen and oxygen atoms in total. The van der Waals surface area contributed by atoms with Crippen molar-refractivity contribution in [3.63, 3.8) is 0 Å². The molecule has 0 fully saturated rings. The number of rotatable bonds is 7. The lowest BCUT2D eigenvalue weighted by atomic mass is 9.87. The van der Waals surface area contributed by atoms with E-state index < -0.39 is 0 Å². The summed E-state index contributed by atoms with van der Waals surface area (Å²) in [4.78, 5) is 0. The van der Waals surface area contributed by atoms with Crippen LogP contribution in [-0.4, -0.2) is 0 Å². The Morgan fingerprint density at radius 2 is 0.724 bits per heavy atom. The smallest absolute Gasteiger partial charge is 0.00200 e. The fourth-order valence-corrected chi connectivity index (χ4v) is 3.83. The summed E-state index contributed by atoms with van der Waals surface area (Å²) in [5.74, 6) is 0. The maximum atomic E-state index is 2.24. The van der Waals surface area contributed by atoms with Gasteiger partial charge in [0.1, 0.15) is 0 Å². The first-order chi connectivity index (χ1) is 14.4. The van der Waals surface area contributed by atoms with Crippen LogP contribution in [0.5, 0.6) is 0 Å². The molecule has 0 aliphatic heterocycles. The minimum atomic E-state index is 0.944. The van der Waals surface area contributed by atoms with E-state index in [1.807, 2.05) is 0 Å². The highest BCUT2D eigenvalue weighted by Gasteiger charge is 2.12. The molecular formula is C29H26. The highest BCUT2D eigenvalue weighted by molar-refractivity contribution is 5.71. The third-order valence-electron chi connectivity index (χ3n) is 5.29. The summed E-state index contributed by atoms with van der Waals surface area (Å²) in [6, 6.07) is 43.3. The SMILES string of the molecule is c1ccc(CC(Cc2ccccc2)=C(Cc2ccccc2)c2ccccc2)cc1. The van der Waals surface area contributed by atoms with E-state index in [1.54, 1.807) is 0 Å². The normalized spacial score (nSPS) is 10.5. The van der Waals surface area contributed by atoms with E-state index in [0.717, 1.165) is 19.3 Å². The molecule has 0 aliphatic carbocycles. The molecule has 4 aromatic rings. The van der Waals surface area contributed by atoms with E-state index in [-0.39, 0.29) is 0 Å². The lowest BCUT2D eigenvalue weighted by Gasteiger charge is -2.18. The van der Waals surface area contributed by atoms with Gasteiger partial charge in [-0.15, -0.1) is 0 Å². The van der Waals surface area contributed by atoms with Crippen molar-refractivity contribution in [2.45, 2.75) is 19.3 Å². The molecule has 0 spiro atoms. The number of hydrogen-bond donors (Lipinski definition) is 0. The minimum Gasteiger partial charge on any atom is -0.0622 e. The summed E-state index contributed by atoms with van der Waals surface area (Å²) >= 11 is 0. The Kier molecular flexibility index (Phi) is 6.34. The van der Waals surface area contributed by atoms with Crippen molar-refractivity contribution in [2.75, 3.05) is 0 Å². The zero-order chi connectivity index (χ0) is 19.7. The third kappa shape index (κ3) is 5.33. The first-order valence-electron chi connectivity index (χ1n) is 10.3. The summed E-state index contributed by atoms with van der Waals surface area (Å²) in [5, 5.41) is 0. The van der Waals surface area contributed by atoms with Crippen LogP contribution < -0.4 is 0 Å². The molecular weight excluding hydrogens is 348 g/mol. The number of hydrogen-bond acceptors (Lipinski definition) is 0. The standard InChI is InChI=1S/C29H26/c1-5-13-24(14-6-1)21-28(22-25-15-7-2-8-16-25)29(27-19-11-4-12-20-27)23-26-17-9-3-10-18-26/h1-20H,21-23H2. The van der Waals surface area contributed by atoms with Crippen molar-refractivity contribution in [1.29, 1.82) is 0 Å². The van der Waals surface area contributed by atoms with Crippen molar-refractivity contribution in [3.8, 4) is 0 Å². The van der Waals surface area contributed by atoms with Gasteiger partial charge in [-0.25, -0.2) is 0 Å². The summed E-state index contributed by atoms with van der Waals surface area (Å²) in [6.07, 6.45) is 2.87. The van der Waals surface area contributed by atoms with Crippen LogP contribution in [0.4, 0.5) is 0 Å². The molecule has 0 unspecified atom stereocenters. The van der Waals surface area contributed by atoms with E-state index in [2.05, 4.69) is 121 Å². The molecule has 0 N–H and O–H groups in total. The Balaban J connectivity index is 1.81. The van der Waals surface area contributed by atoms with Gasteiger partial charge in [0.15, 0.2) is 0 Å². The Hall–Kier alpha value is -3.38. The second kappa shape index (κ2) is 9.71. The van der Waals surface area contributed by atoms with Gasteiger partial charge >= 0.3 is 0 Å². The van der Waals surface area contributed by atoms with Gasteiger partial charge in [0.05, 0.1) is 0 Å². The maximum Gasteiger partial charge on any atom is -0.00200 e. The molecule has 0 heteroatoms. The zero-order valence-electron chi connectivity index (χ0n) is 16.7. The van der Waals surface area contributed by atoms with Crippen molar-refractivity contribution < 1.29 is 0 Å². The summed E-state index contributed by atoms with van der Waals surface area (Å²) < 4.78 is 0. The molecule has 142 valence electrons. The van der Waals surface area contributed by atoms with Gasteiger partial charge < -0.3 is 0 Å². The molecule has 4 aromatic carbocycles. The number of benzene rings is 4. The molecule has 0 aliphatic rings. The van der Waals surface area contributed by atoms with Gasteiger partial charge in [0.2, 0.25) is 0 Å². The van der Waals surface area contributed by atoms with Crippen molar-refractivity contribution >= 4 is 5.57 Å². The third-order valence-corrected chi connectivity index (χ3v) is 5.29. The second-order valence-electron chi connectivity index (χ2n) is 7.44. The van der Waals surface area contributed by atoms with Crippen LogP contribution in [0.25, 0.3) is 5.57 Å². The second-order valence-corrected chi connectivity index (χ2v) is 7.44. The fourth-order valence-electron chi connectivity index (χ4n) is 3.83. The maximum absolute atomic E-state index is 2.24. The van der Waals surface area contributed by atoms with E-state index in [4.69, 9.17) is 0 Å². The monoisotopic (exact) mass is 374 g/mol. The first-order valence-corrected chi connectivity index (χ1v) is 10.3. The van der Waals surface area contributed by atoms with E-state index in [1.165, 1.54) is 33.4 Å². The van der Waals surface area contributed by atoms with Crippen molar-refractivity contribution in [3.05, 3.63) is 149 Å². The lowest BCUT2D eigenvalue weighted by molar-refractivity contribution is 1.02. The summed E-state index contributed by atoms with van der Waals surface area (Å²) in [6.45, 7) is 0. The Labute approximate surface area is 174 Å². The molecule has 0 saturated carbocycles. The van der Waals surface area contributed by atoms with Crippen LogP contribution >= 0.6 is 0 Å². The molecule has 0 amide bonds. The molecule has 0 radical (unpaired) electrons. The average Bonchev–Trinajstić information content (AvgIpc) is 2.80. The van der Waals surface area contributed by atoms with Crippen LogP contribution in [0.2, 0.25) is 0 Å². The molecule has 0 aromatic heterocycles. The Morgan fingerprint density at radius 3 is 1.14 bits per heavy atom. The highest BCUT2D eigenvalue weighted by Crippen LogP contribution is 2.28. The van der Waals surface area contributed by atoms with Gasteiger partial charge in [0.25, 0.3) is 0 Å². The van der Waals surface area contributed by atoms with Gasteiger partial charge in [-0.05, 0) is 47.1 Å². The molecule has 4 rings (SSSR count). The Morgan fingerprint density at radius 1 is 0.379 bits per heavy atom. The van der Waals surface area contributed by atoms with Gasteiger partial charge in [0, 0.05) is 0 Å². The molecule has 0 saturated heterocycles. The zero-order valence-corrected chi connectivity index (χ0v) is 16.7. The van der Waals surface area contributed by atoms with Crippen LogP contribution in [0.1, 0.15) is 22.3 Å². The molecule has 0 bridgehead atoms. The highest BCUT2D eigenvalue weighted by atomic mass is 14.2. The summed E-state index contributed by atoms with van der Waals surface area (Å²) in [7, 11) is 0. The largest absolute Gasteiger partial charge is 0.0622 e. The predicted octanol–water partition coefficient (Wildman–Crippen LogP) is 7.17. The van der Waals surface area contributed by atoms with Gasteiger partial charge in [-0.2, -0.15) is 0 Å². The minimum absolute atomic E-state index is 0.944. The quantitative estimate of drug-likeness (QED) is 0.322. The predicted molar refractivity (Wildman–Crippen MR) is 124 cm³/mol. The van der Waals surface area contributed by atoms with Gasteiger partial charge in [-0.3, -0.25) is 0 Å². The van der Waals surface area contributed by atoms with E-state index in [0.29, 0.717) is 0 Å². The summed E-state index contributed by atoms with van der Waals surface area (Å²) in [5.41, 5.74) is 8.31. The Bertz CT molecular complexity index is 987. The van der Waals surface area contributed by atoms with Crippen LogP contribution in [0, 0.1) is 0 Å². The lowest BCUT2D eigenvalue weighted by Crippen LogP contribution is -2.03. The van der Waals surface area contributed by atoms with Crippen LogP contribution in [0.15, 0.2) is 127 Å². The molecule has 29 heavy (non-hydrogen) atoms. The molecule has 0 atom stereocenters. The van der Waals surface area contributed by atoms with E-state index >= 15 is 0 Å². The topological polar surface area (TPSA) is 0 Å². The molecule has 0 heterocycles. The number of allylic oxidation sites excluding steroid dienone is 2. The van der Waals surface area contributed by atoms with Crippen molar-refractivity contribution in [2.24, 2.45) is 0 Å². The van der Waals surface area contributed by atoms with Gasteiger partial charge in [-0.1, -0.05) is 127 Å². The van der Waals surface area contributed by atoms with Crippen LogP contribution in [0.3, 0.4) is 0 Å². The van der Waals surface area contributed by atoms with Crippen LogP contribution in [-0.2, 0) is 19.3 Å².